The second kappa shape index (κ2) is 4.72. The molecule has 15 heavy (non-hydrogen) atoms. The topological polar surface area (TPSA) is 60.2 Å². The van der Waals surface area contributed by atoms with E-state index in [4.69, 9.17) is 4.74 Å². The highest BCUT2D eigenvalue weighted by atomic mass is 16.5. The Labute approximate surface area is 90.1 Å². The van der Waals surface area contributed by atoms with Crippen molar-refractivity contribution in [2.24, 2.45) is 0 Å². The van der Waals surface area contributed by atoms with Gasteiger partial charge < -0.3 is 9.84 Å². The van der Waals surface area contributed by atoms with Crippen LogP contribution in [0.15, 0.2) is 6.20 Å². The van der Waals surface area contributed by atoms with E-state index in [0.29, 0.717) is 12.3 Å². The summed E-state index contributed by atoms with van der Waals surface area (Å²) >= 11 is 0. The van der Waals surface area contributed by atoms with Gasteiger partial charge in [0.15, 0.2) is 0 Å². The molecule has 0 aliphatic carbocycles. The van der Waals surface area contributed by atoms with Crippen molar-refractivity contribution in [3.8, 4) is 0 Å². The van der Waals surface area contributed by atoms with Crippen molar-refractivity contribution in [3.05, 3.63) is 11.9 Å². The molecule has 86 valence electrons. The predicted octanol–water partition coefficient (Wildman–Crippen LogP) is 1.10. The van der Waals surface area contributed by atoms with Gasteiger partial charge in [0.1, 0.15) is 11.3 Å². The Morgan fingerprint density at radius 1 is 1.60 bits per heavy atom. The Balaban J connectivity index is 2.67. The normalized spacial score (nSPS) is 14.2. The van der Waals surface area contributed by atoms with Crippen LogP contribution in [0.1, 0.15) is 38.9 Å². The van der Waals surface area contributed by atoms with Crippen LogP contribution < -0.4 is 0 Å². The number of nitrogens with zero attached hydrogens (tertiary/aromatic N) is 3. The number of rotatable bonds is 5. The summed E-state index contributed by atoms with van der Waals surface area (Å²) in [6.45, 7) is 6.13. The molecule has 0 amide bonds. The molecule has 0 saturated heterocycles. The van der Waals surface area contributed by atoms with Gasteiger partial charge in [0.05, 0.1) is 12.2 Å². The van der Waals surface area contributed by atoms with Crippen LogP contribution in [0.5, 0.6) is 0 Å². The summed E-state index contributed by atoms with van der Waals surface area (Å²) in [5, 5.41) is 17.6. The van der Waals surface area contributed by atoms with Gasteiger partial charge in [-0.3, -0.25) is 0 Å². The van der Waals surface area contributed by atoms with Gasteiger partial charge in [0.25, 0.3) is 0 Å². The number of ether oxygens (including phenoxy) is 1. The van der Waals surface area contributed by atoms with Crippen molar-refractivity contribution < 1.29 is 9.84 Å². The van der Waals surface area contributed by atoms with Gasteiger partial charge in [0, 0.05) is 13.7 Å². The lowest BCUT2D eigenvalue weighted by Crippen LogP contribution is -2.16. The van der Waals surface area contributed by atoms with E-state index in [-0.39, 0.29) is 6.04 Å². The second-order valence-electron chi connectivity index (χ2n) is 4.27. The first-order valence-corrected chi connectivity index (χ1v) is 5.08. The first kappa shape index (κ1) is 12.1. The summed E-state index contributed by atoms with van der Waals surface area (Å²) in [6, 6.07) is 0.230. The van der Waals surface area contributed by atoms with Crippen LogP contribution in [0, 0.1) is 0 Å². The minimum atomic E-state index is -0.931. The fourth-order valence-electron chi connectivity index (χ4n) is 1.19. The summed E-state index contributed by atoms with van der Waals surface area (Å²) in [5.41, 5.74) is -0.342. The summed E-state index contributed by atoms with van der Waals surface area (Å²) in [5.74, 6) is 0. The zero-order valence-electron chi connectivity index (χ0n) is 9.77. The van der Waals surface area contributed by atoms with E-state index < -0.39 is 5.60 Å². The highest BCUT2D eigenvalue weighted by Gasteiger charge is 2.21. The number of hydrogen-bond donors (Lipinski definition) is 1. The first-order chi connectivity index (χ1) is 6.95. The van der Waals surface area contributed by atoms with Crippen molar-refractivity contribution in [1.29, 1.82) is 0 Å². The molecule has 0 saturated carbocycles. The monoisotopic (exact) mass is 213 g/mol. The van der Waals surface area contributed by atoms with Crippen LogP contribution in [0.4, 0.5) is 0 Å². The maximum absolute atomic E-state index is 9.72. The van der Waals surface area contributed by atoms with E-state index in [1.165, 1.54) is 0 Å². The summed E-state index contributed by atoms with van der Waals surface area (Å²) in [4.78, 5) is 0. The Morgan fingerprint density at radius 3 is 2.73 bits per heavy atom. The first-order valence-electron chi connectivity index (χ1n) is 5.08. The molecule has 0 spiro atoms. The molecule has 0 aromatic carbocycles. The molecule has 1 aromatic heterocycles. The maximum Gasteiger partial charge on any atom is 0.114 e. The van der Waals surface area contributed by atoms with Crippen LogP contribution in [-0.4, -0.2) is 33.8 Å². The minimum Gasteiger partial charge on any atom is -0.385 e. The Bertz CT molecular complexity index is 304. The van der Waals surface area contributed by atoms with Gasteiger partial charge in [-0.1, -0.05) is 5.21 Å². The highest BCUT2D eigenvalue weighted by molar-refractivity contribution is 5.03. The van der Waals surface area contributed by atoms with Gasteiger partial charge in [-0.15, -0.1) is 5.10 Å². The zero-order valence-corrected chi connectivity index (χ0v) is 9.77. The lowest BCUT2D eigenvalue weighted by atomic mass is 10.1. The van der Waals surface area contributed by atoms with Crippen LogP contribution >= 0.6 is 0 Å². The van der Waals surface area contributed by atoms with E-state index in [1.807, 2.05) is 6.92 Å². The van der Waals surface area contributed by atoms with Crippen LogP contribution in [0.25, 0.3) is 0 Å². The lowest BCUT2D eigenvalue weighted by Gasteiger charge is -2.13. The average Bonchev–Trinajstić information content (AvgIpc) is 2.62. The van der Waals surface area contributed by atoms with Crippen LogP contribution in [-0.2, 0) is 10.3 Å². The third-order valence-electron chi connectivity index (χ3n) is 2.33. The van der Waals surface area contributed by atoms with Crippen molar-refractivity contribution in [2.45, 2.75) is 38.8 Å². The molecule has 0 fully saturated rings. The van der Waals surface area contributed by atoms with Gasteiger partial charge >= 0.3 is 0 Å². The smallest absolute Gasteiger partial charge is 0.114 e. The van der Waals surface area contributed by atoms with Gasteiger partial charge in [-0.2, -0.15) is 0 Å². The molecule has 1 rings (SSSR count). The Morgan fingerprint density at radius 2 is 2.27 bits per heavy atom. The lowest BCUT2D eigenvalue weighted by molar-refractivity contribution is 0.0737. The zero-order chi connectivity index (χ0) is 11.5. The third kappa shape index (κ3) is 3.28. The quantitative estimate of drug-likeness (QED) is 0.795. The molecule has 1 atom stereocenters. The molecule has 0 radical (unpaired) electrons. The predicted molar refractivity (Wildman–Crippen MR) is 56.5 cm³/mol. The van der Waals surface area contributed by atoms with E-state index in [1.54, 1.807) is 31.8 Å². The summed E-state index contributed by atoms with van der Waals surface area (Å²) in [6.07, 6.45) is 2.66. The molecular formula is C10H19N3O2. The average molecular weight is 213 g/mol. The molecule has 1 unspecified atom stereocenters. The molecule has 0 aliphatic heterocycles. The van der Waals surface area contributed by atoms with E-state index >= 15 is 0 Å². The Kier molecular flexibility index (Phi) is 3.82. The fraction of sp³-hybridized carbons (Fsp3) is 0.800. The molecule has 5 nitrogen and oxygen atoms in total. The van der Waals surface area contributed by atoms with Crippen molar-refractivity contribution in [3.63, 3.8) is 0 Å². The molecule has 1 N–H and O–H groups in total. The standard InChI is InChI=1S/C10H19N3O2/c1-8(5-6-15-4)13-7-9(11-12-13)10(2,3)14/h7-8,14H,5-6H2,1-4H3. The summed E-state index contributed by atoms with van der Waals surface area (Å²) in [7, 11) is 1.68. The maximum atomic E-state index is 9.72. The van der Waals surface area contributed by atoms with Gasteiger partial charge in [0.2, 0.25) is 0 Å². The van der Waals surface area contributed by atoms with Gasteiger partial charge in [-0.05, 0) is 27.2 Å². The highest BCUT2D eigenvalue weighted by Crippen LogP contribution is 2.18. The van der Waals surface area contributed by atoms with Crippen molar-refractivity contribution in [2.75, 3.05) is 13.7 Å². The number of aliphatic hydroxyl groups is 1. The van der Waals surface area contributed by atoms with Crippen molar-refractivity contribution in [1.82, 2.24) is 15.0 Å². The largest absolute Gasteiger partial charge is 0.385 e. The SMILES string of the molecule is COCCC(C)n1cc(C(C)(C)O)nn1. The summed E-state index contributed by atoms with van der Waals surface area (Å²) < 4.78 is 6.75. The van der Waals surface area contributed by atoms with E-state index in [2.05, 4.69) is 10.3 Å². The molecule has 1 aromatic rings. The fourth-order valence-corrected chi connectivity index (χ4v) is 1.19. The third-order valence-corrected chi connectivity index (χ3v) is 2.33. The minimum absolute atomic E-state index is 0.230. The van der Waals surface area contributed by atoms with E-state index in [0.717, 1.165) is 6.42 Å². The number of hydrogen-bond acceptors (Lipinski definition) is 4. The van der Waals surface area contributed by atoms with Crippen LogP contribution in [0.2, 0.25) is 0 Å². The Hall–Kier alpha value is -0.940. The molecule has 5 heteroatoms. The molecule has 0 bridgehead atoms. The van der Waals surface area contributed by atoms with Crippen molar-refractivity contribution >= 4 is 0 Å². The van der Waals surface area contributed by atoms with Gasteiger partial charge in [-0.25, -0.2) is 4.68 Å². The number of methoxy groups -OCH3 is 1. The number of aromatic nitrogens is 3. The van der Waals surface area contributed by atoms with E-state index in [9.17, 15) is 5.11 Å². The molecule has 1 heterocycles. The van der Waals surface area contributed by atoms with Crippen LogP contribution in [0.3, 0.4) is 0 Å². The molecular weight excluding hydrogens is 194 g/mol. The molecule has 0 aliphatic rings. The second-order valence-corrected chi connectivity index (χ2v) is 4.27.